The van der Waals surface area contributed by atoms with Crippen LogP contribution < -0.4 is 0 Å². The molecule has 0 bridgehead atoms. The number of carbonyl (C=O) groups excluding carboxylic acids is 1. The van der Waals surface area contributed by atoms with E-state index in [2.05, 4.69) is 54.1 Å². The van der Waals surface area contributed by atoms with Gasteiger partial charge in [0.1, 0.15) is 5.69 Å². The van der Waals surface area contributed by atoms with E-state index in [-0.39, 0.29) is 11.4 Å². The molecule has 1 aromatic carbocycles. The number of thioether (sulfide) groups is 1. The van der Waals surface area contributed by atoms with Gasteiger partial charge in [-0.2, -0.15) is 5.10 Å². The van der Waals surface area contributed by atoms with E-state index in [1.807, 2.05) is 30.8 Å². The van der Waals surface area contributed by atoms with Crippen LogP contribution in [0.4, 0.5) is 0 Å². The zero-order chi connectivity index (χ0) is 20.7. The number of aromatic nitrogens is 2. The first kappa shape index (κ1) is 21.4. The van der Waals surface area contributed by atoms with E-state index in [0.29, 0.717) is 18.7 Å². The van der Waals surface area contributed by atoms with Crippen LogP contribution in [0.25, 0.3) is 0 Å². The summed E-state index contributed by atoms with van der Waals surface area (Å²) in [4.78, 5) is 12.7. The molecule has 0 aliphatic carbocycles. The molecule has 152 valence electrons. The number of fused-ring (bicyclic) bond motifs is 1. The van der Waals surface area contributed by atoms with Crippen LogP contribution in [0.15, 0.2) is 35.2 Å². The highest BCUT2D eigenvalue weighted by molar-refractivity contribution is 7.99. The van der Waals surface area contributed by atoms with Crippen molar-refractivity contribution in [3.8, 4) is 11.8 Å². The van der Waals surface area contributed by atoms with Crippen LogP contribution in [0, 0.1) is 11.8 Å². The van der Waals surface area contributed by atoms with Crippen LogP contribution in [-0.2, 0) is 21.4 Å². The van der Waals surface area contributed by atoms with Crippen LogP contribution >= 0.6 is 11.8 Å². The normalized spacial score (nSPS) is 14.4. The minimum absolute atomic E-state index is 0.131. The lowest BCUT2D eigenvalue weighted by molar-refractivity contribution is -0.143. The Morgan fingerprint density at radius 2 is 2.03 bits per heavy atom. The summed E-state index contributed by atoms with van der Waals surface area (Å²) in [5.41, 5.74) is 4.21. The summed E-state index contributed by atoms with van der Waals surface area (Å²) >= 11 is 1.93. The van der Waals surface area contributed by atoms with Crippen LogP contribution in [0.2, 0.25) is 0 Å². The van der Waals surface area contributed by atoms with Crippen molar-refractivity contribution in [2.45, 2.75) is 63.2 Å². The first-order valence-electron chi connectivity index (χ1n) is 10.3. The number of rotatable bonds is 6. The number of ether oxygens (including phenoxy) is 1. The van der Waals surface area contributed by atoms with Gasteiger partial charge in [0, 0.05) is 16.9 Å². The Hall–Kier alpha value is -2.32. The highest BCUT2D eigenvalue weighted by Gasteiger charge is 2.27. The number of unbranched alkanes of at least 4 members (excludes halogenated alkanes) is 1. The first-order valence-corrected chi connectivity index (χ1v) is 11.2. The fourth-order valence-corrected chi connectivity index (χ4v) is 4.81. The van der Waals surface area contributed by atoms with Gasteiger partial charge in [-0.15, -0.1) is 16.9 Å². The van der Waals surface area contributed by atoms with Crippen molar-refractivity contribution in [1.29, 1.82) is 0 Å². The third kappa shape index (κ3) is 6.08. The highest BCUT2D eigenvalue weighted by atomic mass is 32.2. The second kappa shape index (κ2) is 9.93. The summed E-state index contributed by atoms with van der Waals surface area (Å²) in [5, 5.41) is 8.50. The summed E-state index contributed by atoms with van der Waals surface area (Å²) in [6.45, 7) is 6.87. The van der Waals surface area contributed by atoms with Crippen LogP contribution in [0.3, 0.4) is 0 Å². The minimum Gasteiger partial charge on any atom is -0.466 e. The van der Waals surface area contributed by atoms with Gasteiger partial charge in [0.25, 0.3) is 0 Å². The molecule has 4 nitrogen and oxygen atoms in total. The molecular weight excluding hydrogens is 380 g/mol. The molecule has 0 fully saturated rings. The summed E-state index contributed by atoms with van der Waals surface area (Å²) in [6.07, 6.45) is 4.14. The molecule has 29 heavy (non-hydrogen) atoms. The van der Waals surface area contributed by atoms with Crippen molar-refractivity contribution in [3.63, 3.8) is 0 Å². The molecule has 5 heteroatoms. The molecule has 2 heterocycles. The van der Waals surface area contributed by atoms with Gasteiger partial charge < -0.3 is 4.74 Å². The summed E-state index contributed by atoms with van der Waals surface area (Å²) in [5.74, 6) is 7.40. The van der Waals surface area contributed by atoms with Gasteiger partial charge in [0.2, 0.25) is 0 Å². The second-order valence-electron chi connectivity index (χ2n) is 7.87. The third-order valence-corrected chi connectivity index (χ3v) is 6.19. The third-order valence-electron chi connectivity index (χ3n) is 5.12. The maximum atomic E-state index is 11.3. The average Bonchev–Trinajstić information content (AvgIpc) is 2.71. The first-order chi connectivity index (χ1) is 14.0. The zero-order valence-electron chi connectivity index (χ0n) is 17.5. The van der Waals surface area contributed by atoms with Crippen molar-refractivity contribution in [2.24, 2.45) is 0 Å². The Morgan fingerprint density at radius 3 is 2.79 bits per heavy atom. The summed E-state index contributed by atoms with van der Waals surface area (Å²) < 4.78 is 4.93. The standard InChI is InChI=1S/C24H28N2O2S/c1-4-28-23(27)8-6-5-7-19-12-13-20(26-25-19)11-9-18-10-14-22-21(17-18)24(2,3)15-16-29-22/h10,12-14,17H,4-8,15-16H2,1-3H3. The Balaban J connectivity index is 1.57. The lowest BCUT2D eigenvalue weighted by atomic mass is 9.81. The molecule has 1 aromatic heterocycles. The molecule has 2 aromatic rings. The quantitative estimate of drug-likeness (QED) is 0.385. The number of aryl methyl sites for hydroxylation is 1. The van der Waals surface area contributed by atoms with E-state index in [9.17, 15) is 4.79 Å². The van der Waals surface area contributed by atoms with Crippen LogP contribution in [-0.4, -0.2) is 28.5 Å². The van der Waals surface area contributed by atoms with Crippen molar-refractivity contribution in [2.75, 3.05) is 12.4 Å². The Morgan fingerprint density at radius 1 is 1.17 bits per heavy atom. The van der Waals surface area contributed by atoms with Crippen LogP contribution in [0.1, 0.15) is 69.0 Å². The molecule has 0 N–H and O–H groups in total. The van der Waals surface area contributed by atoms with Gasteiger partial charge in [-0.3, -0.25) is 4.79 Å². The highest BCUT2D eigenvalue weighted by Crippen LogP contribution is 2.41. The summed E-state index contributed by atoms with van der Waals surface area (Å²) in [7, 11) is 0. The Bertz CT molecular complexity index is 911. The van der Waals surface area contributed by atoms with E-state index in [0.717, 1.165) is 30.5 Å². The van der Waals surface area contributed by atoms with Gasteiger partial charge in [0.15, 0.2) is 0 Å². The van der Waals surface area contributed by atoms with Crippen molar-refractivity contribution >= 4 is 17.7 Å². The van der Waals surface area contributed by atoms with Crippen molar-refractivity contribution in [3.05, 3.63) is 52.8 Å². The predicted octanol–water partition coefficient (Wildman–Crippen LogP) is 4.93. The number of carbonyl (C=O) groups is 1. The molecule has 0 unspecified atom stereocenters. The Kier molecular flexibility index (Phi) is 7.33. The smallest absolute Gasteiger partial charge is 0.305 e. The lowest BCUT2D eigenvalue weighted by Crippen LogP contribution is -2.22. The SMILES string of the molecule is CCOC(=O)CCCCc1ccc(C#Cc2ccc3c(c2)C(C)(C)CCS3)nn1. The molecule has 0 saturated carbocycles. The second-order valence-corrected chi connectivity index (χ2v) is 9.00. The van der Waals surface area contributed by atoms with Gasteiger partial charge >= 0.3 is 5.97 Å². The van der Waals surface area contributed by atoms with E-state index in [1.54, 1.807) is 0 Å². The molecule has 1 aliphatic heterocycles. The van der Waals surface area contributed by atoms with Gasteiger partial charge in [-0.1, -0.05) is 19.8 Å². The predicted molar refractivity (Wildman–Crippen MR) is 117 cm³/mol. The number of hydrogen-bond acceptors (Lipinski definition) is 5. The van der Waals surface area contributed by atoms with Gasteiger partial charge in [0.05, 0.1) is 12.3 Å². The topological polar surface area (TPSA) is 52.1 Å². The van der Waals surface area contributed by atoms with E-state index >= 15 is 0 Å². The van der Waals surface area contributed by atoms with Gasteiger partial charge in [-0.05, 0) is 85.6 Å². The molecule has 0 spiro atoms. The Labute approximate surface area is 177 Å². The number of benzene rings is 1. The molecular formula is C24H28N2O2S. The molecule has 1 aliphatic rings. The summed E-state index contributed by atoms with van der Waals surface area (Å²) in [6, 6.07) is 10.4. The van der Waals surface area contributed by atoms with E-state index in [4.69, 9.17) is 4.74 Å². The largest absolute Gasteiger partial charge is 0.466 e. The lowest BCUT2D eigenvalue weighted by Gasteiger charge is -2.32. The molecule has 0 saturated heterocycles. The minimum atomic E-state index is -0.131. The van der Waals surface area contributed by atoms with Crippen LogP contribution in [0.5, 0.6) is 0 Å². The van der Waals surface area contributed by atoms with Crippen molar-refractivity contribution < 1.29 is 9.53 Å². The molecule has 0 atom stereocenters. The molecule has 3 rings (SSSR count). The van der Waals surface area contributed by atoms with E-state index in [1.165, 1.54) is 22.6 Å². The molecule has 0 radical (unpaired) electrons. The van der Waals surface area contributed by atoms with Gasteiger partial charge in [-0.25, -0.2) is 0 Å². The number of hydrogen-bond donors (Lipinski definition) is 0. The monoisotopic (exact) mass is 408 g/mol. The molecule has 0 amide bonds. The zero-order valence-corrected chi connectivity index (χ0v) is 18.3. The maximum absolute atomic E-state index is 11.3. The fraction of sp³-hybridized carbons (Fsp3) is 0.458. The maximum Gasteiger partial charge on any atom is 0.305 e. The number of nitrogens with zero attached hydrogens (tertiary/aromatic N) is 2. The fourth-order valence-electron chi connectivity index (χ4n) is 3.32. The number of esters is 1. The van der Waals surface area contributed by atoms with Crippen molar-refractivity contribution in [1.82, 2.24) is 10.2 Å². The average molecular weight is 409 g/mol. The van der Waals surface area contributed by atoms with E-state index < -0.39 is 0 Å².